The zero-order chi connectivity index (χ0) is 11.1. The van der Waals surface area contributed by atoms with Crippen LogP contribution < -0.4 is 5.32 Å². The van der Waals surface area contributed by atoms with Gasteiger partial charge in [-0.05, 0) is 45.1 Å². The van der Waals surface area contributed by atoms with Crippen molar-refractivity contribution in [1.82, 2.24) is 5.32 Å². The monoisotopic (exact) mass is 209 g/mol. The van der Waals surface area contributed by atoms with Crippen molar-refractivity contribution in [2.45, 2.75) is 59.3 Å². The Morgan fingerprint density at radius 3 is 2.40 bits per heavy atom. The molecule has 15 heavy (non-hydrogen) atoms. The molecule has 1 aliphatic carbocycles. The van der Waals surface area contributed by atoms with Crippen molar-refractivity contribution < 1.29 is 0 Å². The summed E-state index contributed by atoms with van der Waals surface area (Å²) >= 11 is 0. The summed E-state index contributed by atoms with van der Waals surface area (Å²) in [4.78, 5) is 0. The van der Waals surface area contributed by atoms with Crippen LogP contribution in [-0.2, 0) is 0 Å². The smallest absolute Gasteiger partial charge is 0.00449 e. The molecule has 1 heteroatoms. The maximum absolute atomic E-state index is 3.55. The third-order valence-electron chi connectivity index (χ3n) is 4.04. The van der Waals surface area contributed by atoms with E-state index in [1.807, 2.05) is 0 Å². The summed E-state index contributed by atoms with van der Waals surface area (Å²) in [6.07, 6.45) is 10.5. The van der Waals surface area contributed by atoms with Gasteiger partial charge in [0.2, 0.25) is 0 Å². The summed E-state index contributed by atoms with van der Waals surface area (Å²) in [5, 5.41) is 3.55. The van der Waals surface area contributed by atoms with E-state index in [4.69, 9.17) is 0 Å². The predicted molar refractivity (Wildman–Crippen MR) is 68.1 cm³/mol. The number of hydrogen-bond donors (Lipinski definition) is 1. The highest BCUT2D eigenvalue weighted by Crippen LogP contribution is 2.39. The van der Waals surface area contributed by atoms with Crippen LogP contribution in [0.2, 0.25) is 0 Å². The fourth-order valence-electron chi connectivity index (χ4n) is 2.75. The second kappa shape index (κ2) is 6.32. The number of rotatable bonds is 6. The van der Waals surface area contributed by atoms with Gasteiger partial charge >= 0.3 is 0 Å². The summed E-state index contributed by atoms with van der Waals surface area (Å²) in [5.41, 5.74) is 2.19. The highest BCUT2D eigenvalue weighted by atomic mass is 14.9. The zero-order valence-corrected chi connectivity index (χ0v) is 10.7. The third-order valence-corrected chi connectivity index (χ3v) is 4.04. The molecule has 0 radical (unpaired) electrons. The highest BCUT2D eigenvalue weighted by molar-refractivity contribution is 5.17. The molecule has 0 amide bonds. The lowest BCUT2D eigenvalue weighted by atomic mass is 9.71. The van der Waals surface area contributed by atoms with Gasteiger partial charge in [-0.2, -0.15) is 0 Å². The molecule has 0 aromatic heterocycles. The van der Waals surface area contributed by atoms with Gasteiger partial charge in [-0.25, -0.2) is 0 Å². The van der Waals surface area contributed by atoms with Crippen LogP contribution in [0.4, 0.5) is 0 Å². The maximum atomic E-state index is 3.55. The molecule has 0 aliphatic heterocycles. The van der Waals surface area contributed by atoms with Crippen molar-refractivity contribution in [3.63, 3.8) is 0 Å². The van der Waals surface area contributed by atoms with Crippen LogP contribution in [0.3, 0.4) is 0 Å². The van der Waals surface area contributed by atoms with E-state index in [9.17, 15) is 0 Å². The van der Waals surface area contributed by atoms with Crippen molar-refractivity contribution in [1.29, 1.82) is 0 Å². The fraction of sp³-hybridized carbons (Fsp3) is 0.857. The molecule has 0 atom stereocenters. The van der Waals surface area contributed by atoms with Gasteiger partial charge in [0.05, 0.1) is 0 Å². The molecule has 0 spiro atoms. The average Bonchev–Trinajstić information content (AvgIpc) is 2.33. The average molecular weight is 209 g/mol. The number of hydrogen-bond acceptors (Lipinski definition) is 1. The van der Waals surface area contributed by atoms with Crippen LogP contribution >= 0.6 is 0 Å². The Balaban J connectivity index is 2.73. The Bertz CT molecular complexity index is 201. The van der Waals surface area contributed by atoms with E-state index in [1.165, 1.54) is 45.1 Å². The van der Waals surface area contributed by atoms with Crippen LogP contribution in [-0.4, -0.2) is 13.1 Å². The summed E-state index contributed by atoms with van der Waals surface area (Å²) < 4.78 is 0. The van der Waals surface area contributed by atoms with Gasteiger partial charge in [0, 0.05) is 12.0 Å². The summed E-state index contributed by atoms with van der Waals surface area (Å²) in [5.74, 6) is 0. The molecule has 1 N–H and O–H groups in total. The van der Waals surface area contributed by atoms with Gasteiger partial charge in [-0.15, -0.1) is 0 Å². The van der Waals surface area contributed by atoms with Gasteiger partial charge < -0.3 is 5.32 Å². The van der Waals surface area contributed by atoms with E-state index in [2.05, 4.69) is 32.2 Å². The lowest BCUT2D eigenvalue weighted by molar-refractivity contribution is 0.294. The summed E-state index contributed by atoms with van der Waals surface area (Å²) in [7, 11) is 0. The molecule has 0 saturated heterocycles. The van der Waals surface area contributed by atoms with Gasteiger partial charge in [0.25, 0.3) is 0 Å². The molecule has 0 fully saturated rings. The SMILES string of the molecule is CCNCC(CC)(CC)C1=CCCCC1. The van der Waals surface area contributed by atoms with Crippen LogP contribution in [0.15, 0.2) is 11.6 Å². The first-order chi connectivity index (χ1) is 7.29. The van der Waals surface area contributed by atoms with Crippen molar-refractivity contribution in [2.75, 3.05) is 13.1 Å². The molecule has 0 aromatic rings. The van der Waals surface area contributed by atoms with Crippen molar-refractivity contribution in [3.05, 3.63) is 11.6 Å². The first-order valence-electron chi connectivity index (χ1n) is 6.69. The van der Waals surface area contributed by atoms with Gasteiger partial charge in [0.1, 0.15) is 0 Å². The van der Waals surface area contributed by atoms with E-state index in [-0.39, 0.29) is 0 Å². The third kappa shape index (κ3) is 3.07. The Hall–Kier alpha value is -0.300. The minimum absolute atomic E-state index is 0.455. The lowest BCUT2D eigenvalue weighted by Crippen LogP contribution is -2.35. The molecular formula is C14H27N. The van der Waals surface area contributed by atoms with Crippen LogP contribution in [0.1, 0.15) is 59.3 Å². The summed E-state index contributed by atoms with van der Waals surface area (Å²) in [6, 6.07) is 0. The first kappa shape index (κ1) is 12.8. The molecule has 0 aromatic carbocycles. The van der Waals surface area contributed by atoms with Crippen LogP contribution in [0, 0.1) is 5.41 Å². The molecular weight excluding hydrogens is 182 g/mol. The highest BCUT2D eigenvalue weighted by Gasteiger charge is 2.30. The van der Waals surface area contributed by atoms with Crippen LogP contribution in [0.5, 0.6) is 0 Å². The molecule has 0 bridgehead atoms. The predicted octanol–water partition coefficient (Wildman–Crippen LogP) is 3.90. The number of nitrogens with one attached hydrogen (secondary N) is 1. The summed E-state index contributed by atoms with van der Waals surface area (Å²) in [6.45, 7) is 9.15. The van der Waals surface area contributed by atoms with Crippen molar-refractivity contribution in [3.8, 4) is 0 Å². The molecule has 1 nitrogen and oxygen atoms in total. The largest absolute Gasteiger partial charge is 0.316 e. The van der Waals surface area contributed by atoms with Gasteiger partial charge in [0.15, 0.2) is 0 Å². The van der Waals surface area contributed by atoms with E-state index in [1.54, 1.807) is 5.57 Å². The van der Waals surface area contributed by atoms with Crippen molar-refractivity contribution in [2.24, 2.45) is 5.41 Å². The standard InChI is InChI=1S/C14H27N/c1-4-14(5-2,12-15-6-3)13-10-8-7-9-11-13/h10,15H,4-9,11-12H2,1-3H3. The fourth-order valence-corrected chi connectivity index (χ4v) is 2.75. The van der Waals surface area contributed by atoms with E-state index < -0.39 is 0 Å². The second-order valence-corrected chi connectivity index (χ2v) is 4.74. The number of allylic oxidation sites excluding steroid dienone is 1. The van der Waals surface area contributed by atoms with Gasteiger partial charge in [-0.1, -0.05) is 32.4 Å². The maximum Gasteiger partial charge on any atom is 0.00449 e. The molecule has 88 valence electrons. The van der Waals surface area contributed by atoms with Crippen LogP contribution in [0.25, 0.3) is 0 Å². The molecule has 1 aliphatic rings. The quantitative estimate of drug-likeness (QED) is 0.654. The van der Waals surface area contributed by atoms with E-state index in [0.717, 1.165) is 6.54 Å². The molecule has 0 unspecified atom stereocenters. The zero-order valence-electron chi connectivity index (χ0n) is 10.7. The van der Waals surface area contributed by atoms with Crippen molar-refractivity contribution >= 4 is 0 Å². The Morgan fingerprint density at radius 1 is 1.20 bits per heavy atom. The minimum atomic E-state index is 0.455. The Labute approximate surface area is 95.3 Å². The normalized spacial score (nSPS) is 17.7. The molecule has 1 rings (SSSR count). The van der Waals surface area contributed by atoms with E-state index >= 15 is 0 Å². The Kier molecular flexibility index (Phi) is 5.38. The Morgan fingerprint density at radius 2 is 1.93 bits per heavy atom. The second-order valence-electron chi connectivity index (χ2n) is 4.74. The van der Waals surface area contributed by atoms with Gasteiger partial charge in [-0.3, -0.25) is 0 Å². The minimum Gasteiger partial charge on any atom is -0.316 e. The van der Waals surface area contributed by atoms with E-state index in [0.29, 0.717) is 5.41 Å². The molecule has 0 heterocycles. The topological polar surface area (TPSA) is 12.0 Å². The first-order valence-corrected chi connectivity index (χ1v) is 6.69. The molecule has 0 saturated carbocycles. The lowest BCUT2D eigenvalue weighted by Gasteiger charge is -2.36.